The molecule has 0 heterocycles. The summed E-state index contributed by atoms with van der Waals surface area (Å²) in [5.74, 6) is -0.000648. The zero-order chi connectivity index (χ0) is 10.6. The Hall–Kier alpha value is -1.09. The van der Waals surface area contributed by atoms with Crippen molar-refractivity contribution in [3.63, 3.8) is 0 Å². The maximum Gasteiger partial charge on any atom is 0.201 e. The van der Waals surface area contributed by atoms with Crippen molar-refractivity contribution in [2.45, 2.75) is 0 Å². The number of Topliss-reactive ketones (excluding diaryl/α,β-unsaturated/α-hetero) is 1. The molecule has 0 amide bonds. The van der Waals surface area contributed by atoms with Gasteiger partial charge >= 0.3 is 0 Å². The first-order valence-corrected chi connectivity index (χ1v) is 5.04. The topological polar surface area (TPSA) is 20.3 Å². The quantitative estimate of drug-likeness (QED) is 0.610. The SMILES string of the molecule is CN(C)C=C(Br)C(=O)c1ccccc1. The van der Waals surface area contributed by atoms with Crippen LogP contribution in [0.1, 0.15) is 10.4 Å². The van der Waals surface area contributed by atoms with Crippen LogP contribution in [0.2, 0.25) is 0 Å². The van der Waals surface area contributed by atoms with Crippen molar-refractivity contribution in [2.75, 3.05) is 14.1 Å². The number of ketones is 1. The Kier molecular flexibility index (Phi) is 3.89. The van der Waals surface area contributed by atoms with Gasteiger partial charge in [0.1, 0.15) is 0 Å². The van der Waals surface area contributed by atoms with Gasteiger partial charge in [0.25, 0.3) is 0 Å². The highest BCUT2D eigenvalue weighted by Gasteiger charge is 2.08. The Labute approximate surface area is 92.4 Å². The highest BCUT2D eigenvalue weighted by Crippen LogP contribution is 2.13. The van der Waals surface area contributed by atoms with Crippen molar-refractivity contribution < 1.29 is 4.79 Å². The second kappa shape index (κ2) is 4.96. The van der Waals surface area contributed by atoms with Crippen LogP contribution in [-0.4, -0.2) is 24.8 Å². The normalized spacial score (nSPS) is 11.2. The van der Waals surface area contributed by atoms with Gasteiger partial charge in [-0.25, -0.2) is 0 Å². The lowest BCUT2D eigenvalue weighted by Crippen LogP contribution is -2.06. The van der Waals surface area contributed by atoms with E-state index in [0.717, 1.165) is 0 Å². The zero-order valence-electron chi connectivity index (χ0n) is 8.20. The molecule has 1 rings (SSSR count). The largest absolute Gasteiger partial charge is 0.382 e. The monoisotopic (exact) mass is 253 g/mol. The summed E-state index contributed by atoms with van der Waals surface area (Å²) in [5.41, 5.74) is 0.692. The summed E-state index contributed by atoms with van der Waals surface area (Å²) in [6.07, 6.45) is 1.75. The molecule has 74 valence electrons. The number of halogens is 1. The Morgan fingerprint density at radius 1 is 1.29 bits per heavy atom. The molecule has 0 N–H and O–H groups in total. The minimum Gasteiger partial charge on any atom is -0.382 e. The molecule has 3 heteroatoms. The van der Waals surface area contributed by atoms with Crippen LogP contribution in [0.4, 0.5) is 0 Å². The molecule has 0 aliphatic rings. The molecule has 1 aromatic rings. The fourth-order valence-electron chi connectivity index (χ4n) is 1.01. The summed E-state index contributed by atoms with van der Waals surface area (Å²) in [5, 5.41) is 0. The van der Waals surface area contributed by atoms with Gasteiger partial charge in [0.2, 0.25) is 5.78 Å². The molecule has 0 aromatic heterocycles. The molecule has 0 aliphatic carbocycles. The molecule has 2 nitrogen and oxygen atoms in total. The van der Waals surface area contributed by atoms with E-state index in [2.05, 4.69) is 15.9 Å². The number of nitrogens with zero attached hydrogens (tertiary/aromatic N) is 1. The first kappa shape index (κ1) is 11.0. The molecular weight excluding hydrogens is 242 g/mol. The zero-order valence-corrected chi connectivity index (χ0v) is 9.78. The lowest BCUT2D eigenvalue weighted by Gasteiger charge is -2.06. The molecule has 0 spiro atoms. The molecule has 14 heavy (non-hydrogen) atoms. The van der Waals surface area contributed by atoms with Crippen molar-refractivity contribution in [1.29, 1.82) is 0 Å². The van der Waals surface area contributed by atoms with Crippen molar-refractivity contribution in [3.05, 3.63) is 46.6 Å². The molecule has 0 atom stereocenters. The number of allylic oxidation sites excluding steroid dienone is 1. The van der Waals surface area contributed by atoms with E-state index < -0.39 is 0 Å². The molecule has 0 fully saturated rings. The van der Waals surface area contributed by atoms with E-state index in [9.17, 15) is 4.79 Å². The lowest BCUT2D eigenvalue weighted by atomic mass is 10.1. The maximum atomic E-state index is 11.7. The Bertz CT molecular complexity index is 344. The third-order valence-corrected chi connectivity index (χ3v) is 2.19. The highest BCUT2D eigenvalue weighted by molar-refractivity contribution is 9.12. The minimum atomic E-state index is -0.000648. The number of hydrogen-bond donors (Lipinski definition) is 0. The fraction of sp³-hybridized carbons (Fsp3) is 0.182. The average molecular weight is 254 g/mol. The average Bonchev–Trinajstić information content (AvgIpc) is 2.17. The van der Waals surface area contributed by atoms with Crippen LogP contribution in [0.15, 0.2) is 41.0 Å². The summed E-state index contributed by atoms with van der Waals surface area (Å²) in [6, 6.07) is 9.19. The second-order valence-electron chi connectivity index (χ2n) is 3.14. The molecular formula is C11H12BrNO. The maximum absolute atomic E-state index is 11.7. The fourth-order valence-corrected chi connectivity index (χ4v) is 1.65. The van der Waals surface area contributed by atoms with Crippen LogP contribution in [0.25, 0.3) is 0 Å². The standard InChI is InChI=1S/C11H12BrNO/c1-13(2)8-10(12)11(14)9-6-4-3-5-7-9/h3-8H,1-2H3. The summed E-state index contributed by atoms with van der Waals surface area (Å²) in [4.78, 5) is 13.6. The van der Waals surface area contributed by atoms with E-state index in [1.165, 1.54) is 0 Å². The van der Waals surface area contributed by atoms with E-state index in [1.54, 1.807) is 18.3 Å². The molecule has 1 aromatic carbocycles. The molecule has 0 radical (unpaired) electrons. The van der Waals surface area contributed by atoms with Gasteiger partial charge in [0.05, 0.1) is 4.48 Å². The van der Waals surface area contributed by atoms with Gasteiger partial charge < -0.3 is 4.90 Å². The van der Waals surface area contributed by atoms with Crippen LogP contribution in [0, 0.1) is 0 Å². The predicted octanol–water partition coefficient (Wildman–Crippen LogP) is 2.67. The smallest absolute Gasteiger partial charge is 0.201 e. The summed E-state index contributed by atoms with van der Waals surface area (Å²) < 4.78 is 0.564. The lowest BCUT2D eigenvalue weighted by molar-refractivity contribution is 0.104. The number of hydrogen-bond acceptors (Lipinski definition) is 2. The van der Waals surface area contributed by atoms with Gasteiger partial charge in [-0.3, -0.25) is 4.79 Å². The van der Waals surface area contributed by atoms with Crippen LogP contribution < -0.4 is 0 Å². The van der Waals surface area contributed by atoms with Crippen LogP contribution >= 0.6 is 15.9 Å². The minimum absolute atomic E-state index is 0.000648. The van der Waals surface area contributed by atoms with Gasteiger partial charge in [0, 0.05) is 25.9 Å². The van der Waals surface area contributed by atoms with Crippen molar-refractivity contribution in [2.24, 2.45) is 0 Å². The first-order chi connectivity index (χ1) is 6.61. The van der Waals surface area contributed by atoms with E-state index in [1.807, 2.05) is 37.2 Å². The predicted molar refractivity (Wildman–Crippen MR) is 61.5 cm³/mol. The molecule has 0 unspecified atom stereocenters. The Balaban J connectivity index is 2.87. The van der Waals surface area contributed by atoms with Crippen molar-refractivity contribution >= 4 is 21.7 Å². The number of carbonyl (C=O) groups is 1. The van der Waals surface area contributed by atoms with Crippen LogP contribution in [-0.2, 0) is 0 Å². The van der Waals surface area contributed by atoms with Crippen molar-refractivity contribution in [3.8, 4) is 0 Å². The third-order valence-electron chi connectivity index (χ3n) is 1.62. The van der Waals surface area contributed by atoms with Gasteiger partial charge in [-0.15, -0.1) is 0 Å². The number of carbonyl (C=O) groups excluding carboxylic acids is 1. The molecule has 0 aliphatic heterocycles. The van der Waals surface area contributed by atoms with Gasteiger partial charge in [0.15, 0.2) is 0 Å². The first-order valence-electron chi connectivity index (χ1n) is 4.25. The Morgan fingerprint density at radius 2 is 1.86 bits per heavy atom. The van der Waals surface area contributed by atoms with Gasteiger partial charge in [-0.2, -0.15) is 0 Å². The molecule has 0 saturated heterocycles. The molecule has 0 saturated carbocycles. The highest BCUT2D eigenvalue weighted by atomic mass is 79.9. The summed E-state index contributed by atoms with van der Waals surface area (Å²) >= 11 is 3.25. The number of rotatable bonds is 3. The van der Waals surface area contributed by atoms with E-state index in [4.69, 9.17) is 0 Å². The van der Waals surface area contributed by atoms with Crippen molar-refractivity contribution in [1.82, 2.24) is 4.90 Å². The Morgan fingerprint density at radius 3 is 2.36 bits per heavy atom. The second-order valence-corrected chi connectivity index (χ2v) is 3.99. The van der Waals surface area contributed by atoms with Gasteiger partial charge in [-0.1, -0.05) is 30.3 Å². The third kappa shape index (κ3) is 3.00. The summed E-state index contributed by atoms with van der Waals surface area (Å²) in [6.45, 7) is 0. The van der Waals surface area contributed by atoms with E-state index >= 15 is 0 Å². The van der Waals surface area contributed by atoms with E-state index in [0.29, 0.717) is 10.0 Å². The van der Waals surface area contributed by atoms with Crippen LogP contribution in [0.5, 0.6) is 0 Å². The van der Waals surface area contributed by atoms with Gasteiger partial charge in [-0.05, 0) is 15.9 Å². The van der Waals surface area contributed by atoms with Crippen LogP contribution in [0.3, 0.4) is 0 Å². The van der Waals surface area contributed by atoms with E-state index in [-0.39, 0.29) is 5.78 Å². The number of benzene rings is 1. The summed E-state index contributed by atoms with van der Waals surface area (Å²) in [7, 11) is 3.75. The molecule has 0 bridgehead atoms.